The minimum Gasteiger partial charge on any atom is -0.392 e. The number of aromatic nitrogens is 3. The van der Waals surface area contributed by atoms with Crippen molar-refractivity contribution in [3.8, 4) is 16.8 Å². The van der Waals surface area contributed by atoms with Crippen LogP contribution >= 0.6 is 0 Å². The Labute approximate surface area is 204 Å². The maximum absolute atomic E-state index is 11.3. The van der Waals surface area contributed by atoms with Gasteiger partial charge >= 0.3 is 0 Å². The molecule has 5 rings (SSSR count). The van der Waals surface area contributed by atoms with E-state index >= 15 is 0 Å². The van der Waals surface area contributed by atoms with Crippen molar-refractivity contribution in [2.45, 2.75) is 32.4 Å². The quantitative estimate of drug-likeness (QED) is 0.434. The number of primary amides is 1. The van der Waals surface area contributed by atoms with Crippen LogP contribution in [0.5, 0.6) is 0 Å². The van der Waals surface area contributed by atoms with Crippen LogP contribution < -0.4 is 5.73 Å². The second-order valence-corrected chi connectivity index (χ2v) is 9.17. The summed E-state index contributed by atoms with van der Waals surface area (Å²) in [4.78, 5) is 17.7. The van der Waals surface area contributed by atoms with Gasteiger partial charge in [0.2, 0.25) is 5.82 Å². The highest BCUT2D eigenvalue weighted by atomic mass is 16.3. The predicted octanol–water partition coefficient (Wildman–Crippen LogP) is 3.50. The molecule has 1 fully saturated rings. The first-order valence-electron chi connectivity index (χ1n) is 11.9. The number of amides is 1. The van der Waals surface area contributed by atoms with E-state index < -0.39 is 5.91 Å². The smallest absolute Gasteiger partial charge is 0.288 e. The number of rotatable bonds is 7. The molecule has 1 atom stereocenters. The van der Waals surface area contributed by atoms with Crippen LogP contribution in [-0.2, 0) is 13.0 Å². The van der Waals surface area contributed by atoms with Crippen molar-refractivity contribution in [1.82, 2.24) is 19.7 Å². The molecular formula is C28H29N5O2. The second-order valence-electron chi connectivity index (χ2n) is 9.17. The molecule has 0 aliphatic carbocycles. The van der Waals surface area contributed by atoms with Crippen molar-refractivity contribution in [1.29, 1.82) is 0 Å². The Morgan fingerprint density at radius 3 is 2.03 bits per heavy atom. The first-order chi connectivity index (χ1) is 16.9. The number of nitrogens with zero attached hydrogens (tertiary/aromatic N) is 4. The summed E-state index contributed by atoms with van der Waals surface area (Å²) in [5.41, 5.74) is 12.2. The standard InChI is InChI=1S/C28H29N5O2/c1-19-30-28(27(29)35)31-33(19)25-12-6-21(7-13-25)16-20-2-8-23(9-3-20)24-10-4-22(5-11-24)17-32-15-14-26(34)18-32/h2-13,26,34H,14-18H2,1H3,(H2,29,35)/t26-/m0/s1. The van der Waals surface area contributed by atoms with E-state index in [1.165, 1.54) is 27.8 Å². The van der Waals surface area contributed by atoms with E-state index in [1.54, 1.807) is 11.6 Å². The Morgan fingerprint density at radius 1 is 0.943 bits per heavy atom. The molecule has 3 N–H and O–H groups in total. The van der Waals surface area contributed by atoms with E-state index in [0.29, 0.717) is 5.82 Å². The van der Waals surface area contributed by atoms with Crippen LogP contribution in [0.15, 0.2) is 72.8 Å². The van der Waals surface area contributed by atoms with Gasteiger partial charge in [-0.05, 0) is 59.7 Å². The topological polar surface area (TPSA) is 97.3 Å². The third-order valence-electron chi connectivity index (χ3n) is 6.47. The SMILES string of the molecule is Cc1nc(C(N)=O)nn1-c1ccc(Cc2ccc(-c3ccc(CN4CC[C@H](O)C4)cc3)cc2)cc1. The first kappa shape index (κ1) is 23.0. The molecule has 0 saturated carbocycles. The number of likely N-dealkylation sites (tertiary alicyclic amines) is 1. The fraction of sp³-hybridized carbons (Fsp3) is 0.250. The Hall–Kier alpha value is -3.81. The summed E-state index contributed by atoms with van der Waals surface area (Å²) in [5.74, 6) is 0.00318. The van der Waals surface area contributed by atoms with Crippen molar-refractivity contribution in [2.24, 2.45) is 5.73 Å². The number of nitrogens with two attached hydrogens (primary N) is 1. The van der Waals surface area contributed by atoms with Gasteiger partial charge in [0.15, 0.2) is 0 Å². The van der Waals surface area contributed by atoms with Crippen LogP contribution in [0.2, 0.25) is 0 Å². The molecule has 0 spiro atoms. The van der Waals surface area contributed by atoms with E-state index in [4.69, 9.17) is 5.73 Å². The lowest BCUT2D eigenvalue weighted by Gasteiger charge is -2.15. The molecule has 1 saturated heterocycles. The Morgan fingerprint density at radius 2 is 1.51 bits per heavy atom. The van der Waals surface area contributed by atoms with E-state index in [1.807, 2.05) is 12.1 Å². The van der Waals surface area contributed by atoms with Gasteiger partial charge in [0.25, 0.3) is 5.91 Å². The average Bonchev–Trinajstić information content (AvgIpc) is 3.46. The number of aliphatic hydroxyl groups is 1. The van der Waals surface area contributed by atoms with Gasteiger partial charge in [-0.2, -0.15) is 0 Å². The maximum atomic E-state index is 11.3. The lowest BCUT2D eigenvalue weighted by atomic mass is 9.99. The van der Waals surface area contributed by atoms with Gasteiger partial charge in [-0.3, -0.25) is 9.69 Å². The lowest BCUT2D eigenvalue weighted by molar-refractivity contribution is 0.0990. The normalized spacial score (nSPS) is 16.0. The highest BCUT2D eigenvalue weighted by Gasteiger charge is 2.19. The summed E-state index contributed by atoms with van der Waals surface area (Å²) in [6.45, 7) is 4.41. The third-order valence-corrected chi connectivity index (χ3v) is 6.47. The van der Waals surface area contributed by atoms with Gasteiger partial charge < -0.3 is 10.8 Å². The molecule has 1 aliphatic heterocycles. The largest absolute Gasteiger partial charge is 0.392 e. The number of aryl methyl sites for hydroxylation is 1. The van der Waals surface area contributed by atoms with E-state index in [-0.39, 0.29) is 11.9 Å². The van der Waals surface area contributed by atoms with Crippen LogP contribution in [0, 0.1) is 6.92 Å². The van der Waals surface area contributed by atoms with Crippen LogP contribution in [0.4, 0.5) is 0 Å². The molecule has 0 bridgehead atoms. The zero-order valence-corrected chi connectivity index (χ0v) is 19.8. The molecule has 178 valence electrons. The summed E-state index contributed by atoms with van der Waals surface area (Å²) < 4.78 is 1.62. The van der Waals surface area contributed by atoms with Crippen molar-refractivity contribution >= 4 is 5.91 Å². The lowest BCUT2D eigenvalue weighted by Crippen LogP contribution is -2.21. The summed E-state index contributed by atoms with van der Waals surface area (Å²) in [6.07, 6.45) is 1.51. The predicted molar refractivity (Wildman–Crippen MR) is 135 cm³/mol. The highest BCUT2D eigenvalue weighted by Crippen LogP contribution is 2.23. The molecular weight excluding hydrogens is 438 g/mol. The van der Waals surface area contributed by atoms with Gasteiger partial charge in [0, 0.05) is 19.6 Å². The molecule has 1 amide bonds. The molecule has 0 radical (unpaired) electrons. The fourth-order valence-electron chi connectivity index (χ4n) is 4.56. The molecule has 1 aromatic heterocycles. The first-order valence-corrected chi connectivity index (χ1v) is 11.9. The number of carbonyl (C=O) groups is 1. The Kier molecular flexibility index (Phi) is 6.44. The zero-order valence-electron chi connectivity index (χ0n) is 19.8. The van der Waals surface area contributed by atoms with E-state index in [2.05, 4.69) is 75.6 Å². The fourth-order valence-corrected chi connectivity index (χ4v) is 4.56. The Bertz CT molecular complexity index is 1310. The summed E-state index contributed by atoms with van der Waals surface area (Å²) in [6, 6.07) is 25.4. The van der Waals surface area contributed by atoms with Gasteiger partial charge in [0.05, 0.1) is 11.8 Å². The van der Waals surface area contributed by atoms with Crippen LogP contribution in [0.3, 0.4) is 0 Å². The number of aliphatic hydroxyl groups excluding tert-OH is 1. The molecule has 7 nitrogen and oxygen atoms in total. The van der Waals surface area contributed by atoms with Crippen LogP contribution in [-0.4, -0.2) is 49.9 Å². The molecule has 4 aromatic rings. The van der Waals surface area contributed by atoms with Crippen LogP contribution in [0.25, 0.3) is 16.8 Å². The average molecular weight is 468 g/mol. The van der Waals surface area contributed by atoms with Crippen molar-refractivity contribution in [3.63, 3.8) is 0 Å². The number of benzene rings is 3. The van der Waals surface area contributed by atoms with Gasteiger partial charge in [-0.1, -0.05) is 60.7 Å². The minimum absolute atomic E-state index is 0.0211. The third kappa shape index (κ3) is 5.31. The number of hydrogen-bond donors (Lipinski definition) is 2. The van der Waals surface area contributed by atoms with Crippen LogP contribution in [0.1, 0.15) is 39.6 Å². The van der Waals surface area contributed by atoms with Gasteiger partial charge in [0.1, 0.15) is 5.82 Å². The summed E-state index contributed by atoms with van der Waals surface area (Å²) >= 11 is 0. The monoisotopic (exact) mass is 467 g/mol. The number of carbonyl (C=O) groups excluding carboxylic acids is 1. The molecule has 35 heavy (non-hydrogen) atoms. The number of β-amino-alcohol motifs (C(OH)–C–C–N with tert-alkyl or cyclic N) is 1. The van der Waals surface area contributed by atoms with Gasteiger partial charge in [-0.25, -0.2) is 9.67 Å². The summed E-state index contributed by atoms with van der Waals surface area (Å²) in [5, 5.41) is 13.9. The van der Waals surface area contributed by atoms with Crippen molar-refractivity contribution < 1.29 is 9.90 Å². The molecule has 2 heterocycles. The molecule has 0 unspecified atom stereocenters. The zero-order chi connectivity index (χ0) is 24.4. The highest BCUT2D eigenvalue weighted by molar-refractivity contribution is 5.88. The van der Waals surface area contributed by atoms with Gasteiger partial charge in [-0.15, -0.1) is 5.10 Å². The van der Waals surface area contributed by atoms with E-state index in [0.717, 1.165) is 38.2 Å². The summed E-state index contributed by atoms with van der Waals surface area (Å²) in [7, 11) is 0. The van der Waals surface area contributed by atoms with Crippen molar-refractivity contribution in [3.05, 3.63) is 101 Å². The second kappa shape index (κ2) is 9.82. The molecule has 7 heteroatoms. The minimum atomic E-state index is -0.634. The molecule has 1 aliphatic rings. The Balaban J connectivity index is 1.22. The molecule has 3 aromatic carbocycles. The maximum Gasteiger partial charge on any atom is 0.288 e. The number of hydrogen-bond acceptors (Lipinski definition) is 5. The van der Waals surface area contributed by atoms with Crippen molar-refractivity contribution in [2.75, 3.05) is 13.1 Å². The van der Waals surface area contributed by atoms with E-state index in [9.17, 15) is 9.90 Å².